The minimum Gasteiger partial charge on any atom is -0.335 e. The smallest absolute Gasteiger partial charge is 0.226 e. The Bertz CT molecular complexity index is 1030. The SMILES string of the molecule is C=C(/C=C\C(Cl)=C/C)[C@@H]1[C@@H](c2cccc(Cl)c2)C[C@@H](Cc2nnn[nH]2)C(=O)N1CC1CC1. The summed E-state index contributed by atoms with van der Waals surface area (Å²) < 4.78 is 0. The van der Waals surface area contributed by atoms with Gasteiger partial charge >= 0.3 is 0 Å². The molecule has 2 aliphatic rings. The molecule has 0 unspecified atom stereocenters. The summed E-state index contributed by atoms with van der Waals surface area (Å²) >= 11 is 12.5. The third-order valence-electron chi connectivity index (χ3n) is 6.26. The highest BCUT2D eigenvalue weighted by Gasteiger charge is 2.45. The first-order chi connectivity index (χ1) is 15.5. The van der Waals surface area contributed by atoms with Gasteiger partial charge < -0.3 is 4.90 Å². The number of hydrogen-bond donors (Lipinski definition) is 1. The van der Waals surface area contributed by atoms with Crippen molar-refractivity contribution < 1.29 is 4.79 Å². The van der Waals surface area contributed by atoms with Gasteiger partial charge in [-0.1, -0.05) is 54.1 Å². The van der Waals surface area contributed by atoms with E-state index in [1.807, 2.05) is 48.3 Å². The van der Waals surface area contributed by atoms with E-state index in [4.69, 9.17) is 23.2 Å². The highest BCUT2D eigenvalue weighted by Crippen LogP contribution is 2.43. The highest BCUT2D eigenvalue weighted by atomic mass is 35.5. The van der Waals surface area contributed by atoms with Gasteiger partial charge in [0.2, 0.25) is 5.91 Å². The number of allylic oxidation sites excluding steroid dienone is 3. The molecule has 8 heteroatoms. The molecule has 0 bridgehead atoms. The van der Waals surface area contributed by atoms with Crippen LogP contribution in [0.3, 0.4) is 0 Å². The molecule has 1 N–H and O–H groups in total. The number of piperidine rings is 1. The number of likely N-dealkylation sites (tertiary alicyclic amines) is 1. The number of benzene rings is 1. The summed E-state index contributed by atoms with van der Waals surface area (Å²) in [4.78, 5) is 15.7. The third kappa shape index (κ3) is 5.30. The van der Waals surface area contributed by atoms with E-state index in [1.54, 1.807) is 0 Å². The minimum absolute atomic E-state index is 0.0487. The molecule has 1 saturated heterocycles. The van der Waals surface area contributed by atoms with Gasteiger partial charge in [-0.25, -0.2) is 5.10 Å². The number of rotatable bonds is 8. The number of H-pyrrole nitrogens is 1. The van der Waals surface area contributed by atoms with Gasteiger partial charge in [-0.15, -0.1) is 5.10 Å². The fraction of sp³-hybridized carbons (Fsp3) is 0.417. The number of amides is 1. The van der Waals surface area contributed by atoms with Crippen LogP contribution in [0, 0.1) is 11.8 Å². The lowest BCUT2D eigenvalue weighted by Gasteiger charge is -2.45. The summed E-state index contributed by atoms with van der Waals surface area (Å²) in [6.07, 6.45) is 9.04. The first kappa shape index (κ1) is 22.7. The molecule has 3 atom stereocenters. The Balaban J connectivity index is 1.72. The lowest BCUT2D eigenvalue weighted by molar-refractivity contribution is -0.142. The normalized spacial score (nSPS) is 24.3. The Labute approximate surface area is 198 Å². The monoisotopic (exact) mass is 471 g/mol. The molecule has 2 fully saturated rings. The number of hydrogen-bond acceptors (Lipinski definition) is 4. The number of tetrazole rings is 1. The molecule has 1 aromatic carbocycles. The fourth-order valence-corrected chi connectivity index (χ4v) is 4.73. The van der Waals surface area contributed by atoms with E-state index >= 15 is 0 Å². The summed E-state index contributed by atoms with van der Waals surface area (Å²) in [6.45, 7) is 6.98. The average molecular weight is 472 g/mol. The van der Waals surface area contributed by atoms with Crippen LogP contribution in [0.1, 0.15) is 43.5 Å². The van der Waals surface area contributed by atoms with Crippen molar-refractivity contribution in [1.29, 1.82) is 0 Å². The van der Waals surface area contributed by atoms with Gasteiger partial charge in [0.25, 0.3) is 0 Å². The number of carbonyl (C=O) groups is 1. The second-order valence-corrected chi connectivity index (χ2v) is 9.48. The molecule has 168 valence electrons. The quantitative estimate of drug-likeness (QED) is 0.545. The molecule has 0 radical (unpaired) electrons. The molecule has 1 aliphatic heterocycles. The Morgan fingerprint density at radius 3 is 2.81 bits per heavy atom. The third-order valence-corrected chi connectivity index (χ3v) is 6.84. The van der Waals surface area contributed by atoms with Crippen LogP contribution in [-0.2, 0) is 11.2 Å². The van der Waals surface area contributed by atoms with Gasteiger partial charge in [0.1, 0.15) is 5.82 Å². The van der Waals surface area contributed by atoms with Gasteiger partial charge in [0, 0.05) is 34.9 Å². The number of nitrogens with one attached hydrogen (secondary N) is 1. The van der Waals surface area contributed by atoms with E-state index in [0.717, 1.165) is 30.5 Å². The topological polar surface area (TPSA) is 74.8 Å². The molecule has 6 nitrogen and oxygen atoms in total. The molecular formula is C24H27Cl2N5O. The van der Waals surface area contributed by atoms with Gasteiger partial charge in [-0.2, -0.15) is 0 Å². The number of aromatic amines is 1. The van der Waals surface area contributed by atoms with Crippen LogP contribution < -0.4 is 0 Å². The first-order valence-electron chi connectivity index (χ1n) is 10.9. The van der Waals surface area contributed by atoms with Crippen molar-refractivity contribution in [2.75, 3.05) is 6.54 Å². The average Bonchev–Trinajstić information content (AvgIpc) is 3.46. The first-order valence-corrected chi connectivity index (χ1v) is 11.7. The molecule has 1 amide bonds. The van der Waals surface area contributed by atoms with Gasteiger partial charge in [0.05, 0.1) is 6.04 Å². The van der Waals surface area contributed by atoms with E-state index in [0.29, 0.717) is 34.6 Å². The molecular weight excluding hydrogens is 445 g/mol. The predicted molar refractivity (Wildman–Crippen MR) is 126 cm³/mol. The van der Waals surface area contributed by atoms with Crippen molar-refractivity contribution >= 4 is 29.1 Å². The van der Waals surface area contributed by atoms with Crippen LogP contribution in [0.2, 0.25) is 5.02 Å². The van der Waals surface area contributed by atoms with Crippen molar-refractivity contribution in [2.24, 2.45) is 11.8 Å². The van der Waals surface area contributed by atoms with E-state index in [2.05, 4.69) is 33.3 Å². The van der Waals surface area contributed by atoms with Gasteiger partial charge in [-0.3, -0.25) is 4.79 Å². The van der Waals surface area contributed by atoms with Crippen LogP contribution in [0.25, 0.3) is 0 Å². The highest BCUT2D eigenvalue weighted by molar-refractivity contribution is 6.31. The molecule has 2 heterocycles. The predicted octanol–water partition coefficient (Wildman–Crippen LogP) is 5.06. The Kier molecular flexibility index (Phi) is 7.11. The lowest BCUT2D eigenvalue weighted by atomic mass is 9.74. The maximum atomic E-state index is 13.7. The van der Waals surface area contributed by atoms with Crippen LogP contribution in [-0.4, -0.2) is 44.0 Å². The molecule has 1 saturated carbocycles. The maximum absolute atomic E-state index is 13.7. The lowest BCUT2D eigenvalue weighted by Crippen LogP contribution is -2.53. The van der Waals surface area contributed by atoms with Crippen molar-refractivity contribution in [1.82, 2.24) is 25.5 Å². The van der Waals surface area contributed by atoms with Crippen LogP contribution in [0.15, 0.2) is 59.7 Å². The van der Waals surface area contributed by atoms with Crippen molar-refractivity contribution in [3.05, 3.63) is 76.1 Å². The largest absolute Gasteiger partial charge is 0.335 e. The number of carbonyl (C=O) groups excluding carboxylic acids is 1. The molecule has 4 rings (SSSR count). The van der Waals surface area contributed by atoms with Gasteiger partial charge in [-0.05, 0) is 71.9 Å². The van der Waals surface area contributed by atoms with Crippen LogP contribution in [0.5, 0.6) is 0 Å². The zero-order valence-corrected chi connectivity index (χ0v) is 19.6. The summed E-state index contributed by atoms with van der Waals surface area (Å²) in [5.41, 5.74) is 1.96. The zero-order valence-electron chi connectivity index (χ0n) is 18.0. The maximum Gasteiger partial charge on any atom is 0.226 e. The summed E-state index contributed by atoms with van der Waals surface area (Å²) in [5.74, 6) is 1.12. The summed E-state index contributed by atoms with van der Waals surface area (Å²) in [6, 6.07) is 7.74. The van der Waals surface area contributed by atoms with E-state index < -0.39 is 0 Å². The molecule has 2 aromatic rings. The second-order valence-electron chi connectivity index (χ2n) is 8.61. The van der Waals surface area contributed by atoms with Crippen molar-refractivity contribution in [3.8, 4) is 0 Å². The van der Waals surface area contributed by atoms with E-state index in [-0.39, 0.29) is 23.8 Å². The molecule has 1 aliphatic carbocycles. The molecule has 1 aromatic heterocycles. The Hall–Kier alpha value is -2.44. The molecule has 32 heavy (non-hydrogen) atoms. The molecule has 0 spiro atoms. The van der Waals surface area contributed by atoms with Crippen LogP contribution >= 0.6 is 23.2 Å². The standard InChI is InChI=1S/C24H27Cl2N5O/c1-3-19(25)10-7-15(2)23-21(17-5-4-6-20(26)11-17)12-18(13-22-27-29-30-28-22)24(32)31(23)14-16-8-9-16/h3-7,10-11,16,18,21,23H,2,8-9,12-14H2,1H3,(H,27,28,29,30)/b10-7-,19-3+/t18-,21+,23+/m0/s1. The number of aromatic nitrogens is 4. The van der Waals surface area contributed by atoms with Crippen molar-refractivity contribution in [2.45, 2.75) is 44.6 Å². The summed E-state index contributed by atoms with van der Waals surface area (Å²) in [5, 5.41) is 15.5. The van der Waals surface area contributed by atoms with Gasteiger partial charge in [0.15, 0.2) is 0 Å². The fourth-order valence-electron chi connectivity index (χ4n) is 4.47. The number of halogens is 2. The van der Waals surface area contributed by atoms with E-state index in [9.17, 15) is 4.79 Å². The Morgan fingerprint density at radius 1 is 1.34 bits per heavy atom. The zero-order chi connectivity index (χ0) is 22.7. The minimum atomic E-state index is -0.223. The Morgan fingerprint density at radius 2 is 2.16 bits per heavy atom. The van der Waals surface area contributed by atoms with E-state index in [1.165, 1.54) is 0 Å². The van der Waals surface area contributed by atoms with Crippen LogP contribution in [0.4, 0.5) is 0 Å². The second kappa shape index (κ2) is 10.0. The summed E-state index contributed by atoms with van der Waals surface area (Å²) in [7, 11) is 0. The van der Waals surface area contributed by atoms with Crippen molar-refractivity contribution in [3.63, 3.8) is 0 Å². The number of nitrogens with zero attached hydrogens (tertiary/aromatic N) is 4.